The molecule has 2 N–H and O–H groups in total. The maximum atomic E-state index is 6.17. The van der Waals surface area contributed by atoms with Crippen LogP contribution in [0.25, 0.3) is 44.2 Å². The molecule has 5 aromatic rings. The van der Waals surface area contributed by atoms with Crippen LogP contribution in [0.4, 0.5) is 5.82 Å². The molecule has 5 rings (SSSR count). The third-order valence-electron chi connectivity index (χ3n) is 4.25. The van der Waals surface area contributed by atoms with Crippen molar-refractivity contribution in [2.45, 2.75) is 0 Å². The van der Waals surface area contributed by atoms with E-state index >= 15 is 0 Å². The Morgan fingerprint density at radius 3 is 2.04 bits per heavy atom. The van der Waals surface area contributed by atoms with E-state index in [1.54, 1.807) is 6.20 Å². The predicted octanol–water partition coefficient (Wildman–Crippen LogP) is 3.98. The number of fused-ring (bicyclic) bond motifs is 3. The van der Waals surface area contributed by atoms with E-state index in [1.807, 2.05) is 48.5 Å². The number of nitrogens with two attached hydrogens (primary N) is 1. The van der Waals surface area contributed by atoms with Crippen molar-refractivity contribution < 1.29 is 0 Å². The van der Waals surface area contributed by atoms with Crippen LogP contribution in [0.1, 0.15) is 0 Å². The van der Waals surface area contributed by atoms with Crippen molar-refractivity contribution in [1.29, 1.82) is 0 Å². The van der Waals surface area contributed by atoms with Crippen LogP contribution in [0.3, 0.4) is 0 Å². The lowest BCUT2D eigenvalue weighted by atomic mass is 10.1. The molecule has 0 unspecified atom stereocenters. The number of nitrogens with zero attached hydrogens (tertiary/aromatic N) is 4. The number of benzene rings is 3. The van der Waals surface area contributed by atoms with Crippen molar-refractivity contribution in [2.24, 2.45) is 0 Å². The van der Waals surface area contributed by atoms with E-state index in [9.17, 15) is 0 Å². The molecule has 0 bridgehead atoms. The van der Waals surface area contributed by atoms with E-state index in [-0.39, 0.29) is 0 Å². The van der Waals surface area contributed by atoms with E-state index in [0.29, 0.717) is 17.2 Å². The predicted molar refractivity (Wildman–Crippen MR) is 100.0 cm³/mol. The molecular weight excluding hydrogens is 310 g/mol. The third kappa shape index (κ3) is 2.25. The zero-order chi connectivity index (χ0) is 16.8. The van der Waals surface area contributed by atoms with Crippen molar-refractivity contribution in [3.8, 4) is 11.4 Å². The van der Waals surface area contributed by atoms with Crippen LogP contribution in [0.2, 0.25) is 0 Å². The number of nitrogen functional groups attached to an aromatic ring is 1. The number of rotatable bonds is 1. The third-order valence-corrected chi connectivity index (χ3v) is 4.25. The summed E-state index contributed by atoms with van der Waals surface area (Å²) >= 11 is 0. The SMILES string of the molecule is Nc1nc2cc3ccccc3cc2nc1-c1cnc2ccccc2n1. The Hall–Kier alpha value is -3.60. The van der Waals surface area contributed by atoms with E-state index in [4.69, 9.17) is 10.7 Å². The summed E-state index contributed by atoms with van der Waals surface area (Å²) in [5, 5.41) is 2.23. The lowest BCUT2D eigenvalue weighted by Gasteiger charge is -2.07. The number of hydrogen-bond donors (Lipinski definition) is 1. The first-order valence-electron chi connectivity index (χ1n) is 7.96. The fourth-order valence-electron chi connectivity index (χ4n) is 3.02. The number of para-hydroxylation sites is 2. The Morgan fingerprint density at radius 2 is 1.28 bits per heavy atom. The van der Waals surface area contributed by atoms with Gasteiger partial charge in [0.15, 0.2) is 5.82 Å². The summed E-state index contributed by atoms with van der Waals surface area (Å²) < 4.78 is 0. The molecule has 0 aliphatic carbocycles. The average Bonchev–Trinajstić information content (AvgIpc) is 2.65. The van der Waals surface area contributed by atoms with Gasteiger partial charge in [-0.2, -0.15) is 0 Å². The van der Waals surface area contributed by atoms with Gasteiger partial charge in [-0.3, -0.25) is 4.98 Å². The molecule has 0 saturated carbocycles. The standard InChI is InChI=1S/C20H13N5/c21-20-19(18-11-22-14-7-3-4-8-15(14)23-18)24-16-9-12-5-1-2-6-13(12)10-17(16)25-20/h1-11H,(H2,21,25). The summed E-state index contributed by atoms with van der Waals surface area (Å²) in [6, 6.07) is 19.9. The molecule has 3 aromatic carbocycles. The second-order valence-corrected chi connectivity index (χ2v) is 5.89. The fraction of sp³-hybridized carbons (Fsp3) is 0. The van der Waals surface area contributed by atoms with Crippen molar-refractivity contribution in [2.75, 3.05) is 5.73 Å². The van der Waals surface area contributed by atoms with Gasteiger partial charge in [-0.25, -0.2) is 15.0 Å². The van der Waals surface area contributed by atoms with Crippen LogP contribution in [-0.2, 0) is 0 Å². The van der Waals surface area contributed by atoms with E-state index in [2.05, 4.69) is 27.1 Å². The fourth-order valence-corrected chi connectivity index (χ4v) is 3.02. The first kappa shape index (κ1) is 13.8. The van der Waals surface area contributed by atoms with Crippen LogP contribution in [0, 0.1) is 0 Å². The minimum absolute atomic E-state index is 0.354. The van der Waals surface area contributed by atoms with Crippen LogP contribution in [-0.4, -0.2) is 19.9 Å². The highest BCUT2D eigenvalue weighted by Crippen LogP contribution is 2.27. The molecule has 0 aliphatic rings. The Bertz CT molecular complexity index is 1260. The summed E-state index contributed by atoms with van der Waals surface area (Å²) in [5.41, 5.74) is 10.6. The lowest BCUT2D eigenvalue weighted by Crippen LogP contribution is -2.00. The van der Waals surface area contributed by atoms with E-state index in [0.717, 1.165) is 32.8 Å². The summed E-state index contributed by atoms with van der Waals surface area (Å²) in [5.74, 6) is 0.354. The molecule has 5 heteroatoms. The monoisotopic (exact) mass is 323 g/mol. The molecule has 0 saturated heterocycles. The Balaban J connectivity index is 1.76. The van der Waals surface area contributed by atoms with E-state index < -0.39 is 0 Å². The molecule has 118 valence electrons. The highest BCUT2D eigenvalue weighted by atomic mass is 14.9. The first-order chi connectivity index (χ1) is 12.3. The van der Waals surface area contributed by atoms with Gasteiger partial charge in [0, 0.05) is 0 Å². The van der Waals surface area contributed by atoms with Gasteiger partial charge < -0.3 is 5.73 Å². The number of hydrogen-bond acceptors (Lipinski definition) is 5. The molecular formula is C20H13N5. The van der Waals surface area contributed by atoms with Crippen LogP contribution < -0.4 is 5.73 Å². The average molecular weight is 323 g/mol. The molecule has 0 fully saturated rings. The van der Waals surface area contributed by atoms with Crippen molar-refractivity contribution in [1.82, 2.24) is 19.9 Å². The Kier molecular flexibility index (Phi) is 2.87. The van der Waals surface area contributed by atoms with E-state index in [1.165, 1.54) is 0 Å². The first-order valence-corrected chi connectivity index (χ1v) is 7.96. The van der Waals surface area contributed by atoms with Gasteiger partial charge >= 0.3 is 0 Å². The van der Waals surface area contributed by atoms with Crippen LogP contribution in [0.5, 0.6) is 0 Å². The summed E-state index contributed by atoms with van der Waals surface area (Å²) in [6.07, 6.45) is 1.69. The molecule has 0 amide bonds. The van der Waals surface area contributed by atoms with Gasteiger partial charge in [0.1, 0.15) is 11.4 Å². The molecule has 0 atom stereocenters. The normalized spacial score (nSPS) is 11.4. The molecule has 5 nitrogen and oxygen atoms in total. The Morgan fingerprint density at radius 1 is 0.640 bits per heavy atom. The minimum Gasteiger partial charge on any atom is -0.382 e. The van der Waals surface area contributed by atoms with Gasteiger partial charge in [-0.05, 0) is 35.0 Å². The van der Waals surface area contributed by atoms with Gasteiger partial charge in [-0.1, -0.05) is 36.4 Å². The van der Waals surface area contributed by atoms with Crippen molar-refractivity contribution >= 4 is 38.7 Å². The minimum atomic E-state index is 0.354. The van der Waals surface area contributed by atoms with Crippen molar-refractivity contribution in [3.63, 3.8) is 0 Å². The zero-order valence-electron chi connectivity index (χ0n) is 13.2. The maximum Gasteiger partial charge on any atom is 0.152 e. The van der Waals surface area contributed by atoms with Crippen LogP contribution in [0.15, 0.2) is 66.9 Å². The lowest BCUT2D eigenvalue weighted by molar-refractivity contribution is 1.23. The molecule has 0 radical (unpaired) electrons. The van der Waals surface area contributed by atoms with Gasteiger partial charge in [-0.15, -0.1) is 0 Å². The van der Waals surface area contributed by atoms with Crippen molar-refractivity contribution in [3.05, 3.63) is 66.9 Å². The molecule has 25 heavy (non-hydrogen) atoms. The highest BCUT2D eigenvalue weighted by molar-refractivity contribution is 5.96. The van der Waals surface area contributed by atoms with Gasteiger partial charge in [0.05, 0.1) is 28.3 Å². The highest BCUT2D eigenvalue weighted by Gasteiger charge is 2.12. The smallest absolute Gasteiger partial charge is 0.152 e. The van der Waals surface area contributed by atoms with Gasteiger partial charge in [0.2, 0.25) is 0 Å². The molecule has 2 aromatic heterocycles. The topological polar surface area (TPSA) is 77.6 Å². The second-order valence-electron chi connectivity index (χ2n) is 5.89. The molecule has 0 spiro atoms. The summed E-state index contributed by atoms with van der Waals surface area (Å²) in [7, 11) is 0. The number of aromatic nitrogens is 4. The summed E-state index contributed by atoms with van der Waals surface area (Å²) in [4.78, 5) is 18.3. The van der Waals surface area contributed by atoms with Crippen LogP contribution >= 0.6 is 0 Å². The molecule has 0 aliphatic heterocycles. The molecule has 2 heterocycles. The Labute approximate surface area is 143 Å². The quantitative estimate of drug-likeness (QED) is 0.472. The maximum absolute atomic E-state index is 6.17. The zero-order valence-corrected chi connectivity index (χ0v) is 13.2. The summed E-state index contributed by atoms with van der Waals surface area (Å²) in [6.45, 7) is 0. The number of anilines is 1. The van der Waals surface area contributed by atoms with Gasteiger partial charge in [0.25, 0.3) is 0 Å². The second kappa shape index (κ2) is 5.21. The largest absolute Gasteiger partial charge is 0.382 e.